The van der Waals surface area contributed by atoms with Crippen LogP contribution in [0.25, 0.3) is 0 Å². The summed E-state index contributed by atoms with van der Waals surface area (Å²) in [6.07, 6.45) is 6.40. The molecule has 12 heavy (non-hydrogen) atoms. The van der Waals surface area contributed by atoms with Gasteiger partial charge < -0.3 is 0 Å². The molecule has 1 amide bonds. The third-order valence-electron chi connectivity index (χ3n) is 2.39. The fourth-order valence-electron chi connectivity index (χ4n) is 1.63. The molecule has 66 valence electrons. The van der Waals surface area contributed by atoms with Crippen LogP contribution in [0.2, 0.25) is 0 Å². The molecule has 0 spiro atoms. The van der Waals surface area contributed by atoms with Crippen molar-refractivity contribution in [2.24, 2.45) is 0 Å². The SMILES string of the molecule is CCC1CCCCC(=O)N1C#N. The molecular weight excluding hydrogens is 152 g/mol. The van der Waals surface area contributed by atoms with E-state index in [1.54, 1.807) is 0 Å². The van der Waals surface area contributed by atoms with Crippen LogP contribution in [0.15, 0.2) is 0 Å². The van der Waals surface area contributed by atoms with Crippen molar-refractivity contribution in [3.63, 3.8) is 0 Å². The zero-order valence-electron chi connectivity index (χ0n) is 7.42. The highest BCUT2D eigenvalue weighted by Gasteiger charge is 2.24. The first-order valence-electron chi connectivity index (χ1n) is 4.51. The summed E-state index contributed by atoms with van der Waals surface area (Å²) in [7, 11) is 0. The van der Waals surface area contributed by atoms with Crippen molar-refractivity contribution in [2.75, 3.05) is 0 Å². The minimum absolute atomic E-state index is 0.00171. The first kappa shape index (κ1) is 9.05. The van der Waals surface area contributed by atoms with Crippen LogP contribution < -0.4 is 0 Å². The highest BCUT2D eigenvalue weighted by molar-refractivity contribution is 5.78. The Morgan fingerprint density at radius 2 is 2.42 bits per heavy atom. The van der Waals surface area contributed by atoms with Crippen molar-refractivity contribution in [3.8, 4) is 6.19 Å². The van der Waals surface area contributed by atoms with Crippen LogP contribution in [0.1, 0.15) is 39.0 Å². The lowest BCUT2D eigenvalue weighted by Crippen LogP contribution is -2.34. The second-order valence-corrected chi connectivity index (χ2v) is 3.17. The van der Waals surface area contributed by atoms with E-state index in [4.69, 9.17) is 5.26 Å². The molecule has 1 saturated heterocycles. The average Bonchev–Trinajstić information content (AvgIpc) is 2.26. The van der Waals surface area contributed by atoms with E-state index in [-0.39, 0.29) is 11.9 Å². The van der Waals surface area contributed by atoms with E-state index < -0.39 is 0 Å². The molecule has 1 atom stereocenters. The van der Waals surface area contributed by atoms with Gasteiger partial charge in [-0.05, 0) is 19.3 Å². The first-order valence-corrected chi connectivity index (χ1v) is 4.51. The van der Waals surface area contributed by atoms with Crippen LogP contribution in [-0.4, -0.2) is 16.8 Å². The Hall–Kier alpha value is -1.04. The maximum atomic E-state index is 11.3. The molecule has 3 nitrogen and oxygen atoms in total. The van der Waals surface area contributed by atoms with Crippen LogP contribution >= 0.6 is 0 Å². The minimum Gasteiger partial charge on any atom is -0.274 e. The molecule has 0 aliphatic carbocycles. The molecule has 1 aliphatic heterocycles. The molecule has 0 N–H and O–H groups in total. The van der Waals surface area contributed by atoms with Crippen molar-refractivity contribution in [3.05, 3.63) is 0 Å². The predicted octanol–water partition coefficient (Wildman–Crippen LogP) is 1.65. The van der Waals surface area contributed by atoms with Gasteiger partial charge in [0.1, 0.15) is 0 Å². The van der Waals surface area contributed by atoms with Gasteiger partial charge in [0.25, 0.3) is 0 Å². The summed E-state index contributed by atoms with van der Waals surface area (Å²) in [5, 5.41) is 8.74. The summed E-state index contributed by atoms with van der Waals surface area (Å²) < 4.78 is 0. The third-order valence-corrected chi connectivity index (χ3v) is 2.39. The van der Waals surface area contributed by atoms with E-state index in [0.29, 0.717) is 6.42 Å². The van der Waals surface area contributed by atoms with Crippen LogP contribution in [0, 0.1) is 11.5 Å². The number of carbonyl (C=O) groups is 1. The standard InChI is InChI=1S/C9H14N2O/c1-2-8-5-3-4-6-9(12)11(8)7-10/h8H,2-6H2,1H3. The van der Waals surface area contributed by atoms with Crippen LogP contribution in [0.3, 0.4) is 0 Å². The first-order chi connectivity index (χ1) is 5.79. The highest BCUT2D eigenvalue weighted by Crippen LogP contribution is 2.18. The van der Waals surface area contributed by atoms with Gasteiger partial charge in [0.15, 0.2) is 6.19 Å². The molecule has 1 unspecified atom stereocenters. The lowest BCUT2D eigenvalue weighted by Gasteiger charge is -2.20. The topological polar surface area (TPSA) is 44.1 Å². The molecule has 0 saturated carbocycles. The van der Waals surface area contributed by atoms with Crippen molar-refractivity contribution in [2.45, 2.75) is 45.1 Å². The number of carbonyl (C=O) groups excluding carboxylic acids is 1. The van der Waals surface area contributed by atoms with Crippen molar-refractivity contribution in [1.29, 1.82) is 5.26 Å². The molecule has 0 aromatic carbocycles. The molecule has 0 radical (unpaired) electrons. The van der Waals surface area contributed by atoms with E-state index in [9.17, 15) is 4.79 Å². The molecule has 1 rings (SSSR count). The van der Waals surface area contributed by atoms with Gasteiger partial charge in [0, 0.05) is 12.5 Å². The van der Waals surface area contributed by atoms with Gasteiger partial charge in [0.05, 0.1) is 0 Å². The smallest absolute Gasteiger partial charge is 0.235 e. The van der Waals surface area contributed by atoms with Crippen molar-refractivity contribution in [1.82, 2.24) is 4.90 Å². The Bertz CT molecular complexity index is 207. The number of nitriles is 1. The summed E-state index contributed by atoms with van der Waals surface area (Å²) in [5.74, 6) is 0.00171. The van der Waals surface area contributed by atoms with Crippen molar-refractivity contribution < 1.29 is 4.79 Å². The van der Waals surface area contributed by atoms with Crippen molar-refractivity contribution >= 4 is 5.91 Å². The number of amides is 1. The monoisotopic (exact) mass is 166 g/mol. The van der Waals surface area contributed by atoms with Crippen LogP contribution in [0.4, 0.5) is 0 Å². The average molecular weight is 166 g/mol. The lowest BCUT2D eigenvalue weighted by molar-refractivity contribution is -0.129. The van der Waals surface area contributed by atoms with Crippen LogP contribution in [0.5, 0.6) is 0 Å². The quantitative estimate of drug-likeness (QED) is 0.556. The number of likely N-dealkylation sites (tertiary alicyclic amines) is 1. The maximum Gasteiger partial charge on any atom is 0.235 e. The fourth-order valence-corrected chi connectivity index (χ4v) is 1.63. The highest BCUT2D eigenvalue weighted by atomic mass is 16.2. The van der Waals surface area contributed by atoms with Gasteiger partial charge >= 0.3 is 0 Å². The van der Waals surface area contributed by atoms with E-state index in [2.05, 4.69) is 0 Å². The number of nitrogens with zero attached hydrogens (tertiary/aromatic N) is 2. The predicted molar refractivity (Wildman–Crippen MR) is 45.0 cm³/mol. The zero-order chi connectivity index (χ0) is 8.97. The molecule has 1 fully saturated rings. The van der Waals surface area contributed by atoms with Crippen LogP contribution in [-0.2, 0) is 4.79 Å². The van der Waals surface area contributed by atoms with Gasteiger partial charge in [-0.15, -0.1) is 0 Å². The maximum absolute atomic E-state index is 11.3. The van der Waals surface area contributed by atoms with Gasteiger partial charge in [0.2, 0.25) is 5.91 Å². The Labute approximate surface area is 73.0 Å². The summed E-state index contributed by atoms with van der Waals surface area (Å²) >= 11 is 0. The second-order valence-electron chi connectivity index (χ2n) is 3.17. The summed E-state index contributed by atoms with van der Waals surface area (Å²) in [5.41, 5.74) is 0. The Balaban J connectivity index is 2.71. The van der Waals surface area contributed by atoms with Gasteiger partial charge in [-0.25, -0.2) is 4.90 Å². The molecule has 0 bridgehead atoms. The Morgan fingerprint density at radius 1 is 1.67 bits per heavy atom. The third kappa shape index (κ3) is 1.76. The summed E-state index contributed by atoms with van der Waals surface area (Å²) in [4.78, 5) is 12.7. The number of rotatable bonds is 1. The molecule has 0 aromatic heterocycles. The molecule has 0 aromatic rings. The minimum atomic E-state index is 0.00171. The number of hydrogen-bond acceptors (Lipinski definition) is 2. The van der Waals surface area contributed by atoms with Gasteiger partial charge in [-0.2, -0.15) is 5.26 Å². The largest absolute Gasteiger partial charge is 0.274 e. The van der Waals surface area contributed by atoms with E-state index in [0.717, 1.165) is 25.7 Å². The Morgan fingerprint density at radius 3 is 3.00 bits per heavy atom. The summed E-state index contributed by atoms with van der Waals surface area (Å²) in [6.45, 7) is 2.02. The lowest BCUT2D eigenvalue weighted by atomic mass is 10.1. The van der Waals surface area contributed by atoms with Gasteiger partial charge in [-0.3, -0.25) is 4.79 Å². The summed E-state index contributed by atoms with van der Waals surface area (Å²) in [6, 6.07) is 0.157. The Kier molecular flexibility index (Phi) is 3.09. The second kappa shape index (κ2) is 4.10. The molecule has 3 heteroatoms. The normalized spacial score (nSPS) is 24.8. The number of hydrogen-bond donors (Lipinski definition) is 0. The molecular formula is C9H14N2O. The van der Waals surface area contributed by atoms with E-state index in [1.807, 2.05) is 13.1 Å². The van der Waals surface area contributed by atoms with E-state index >= 15 is 0 Å². The zero-order valence-corrected chi connectivity index (χ0v) is 7.42. The van der Waals surface area contributed by atoms with E-state index in [1.165, 1.54) is 4.90 Å². The molecule has 1 heterocycles. The fraction of sp³-hybridized carbons (Fsp3) is 0.778. The van der Waals surface area contributed by atoms with Gasteiger partial charge in [-0.1, -0.05) is 13.3 Å². The molecule has 1 aliphatic rings.